The molecule has 6 nitrogen and oxygen atoms in total. The molecule has 7 heteroatoms. The van der Waals surface area contributed by atoms with E-state index in [2.05, 4.69) is 11.9 Å². The number of carbonyl (C=O) groups is 2. The lowest BCUT2D eigenvalue weighted by molar-refractivity contribution is -0.137. The van der Waals surface area contributed by atoms with Gasteiger partial charge in [-0.05, 0) is 32.9 Å². The average molecular weight is 381 g/mol. The minimum atomic E-state index is -0.573. The van der Waals surface area contributed by atoms with Crippen molar-refractivity contribution in [1.29, 1.82) is 0 Å². The van der Waals surface area contributed by atoms with Crippen LogP contribution in [0, 0.1) is 0 Å². The third-order valence-electron chi connectivity index (χ3n) is 2.94. The largest absolute Gasteiger partial charge is 0.461 e. The van der Waals surface area contributed by atoms with Crippen molar-refractivity contribution in [3.05, 3.63) is 43.0 Å². The van der Waals surface area contributed by atoms with Gasteiger partial charge >= 0.3 is 12.1 Å². The first kappa shape index (κ1) is 22.1. The number of carbonyl (C=O) groups excluding carboxylic acids is 2. The minimum absolute atomic E-state index is 0.0574. The Morgan fingerprint density at radius 3 is 2.58 bits per heavy atom. The summed E-state index contributed by atoms with van der Waals surface area (Å²) in [7, 11) is 0. The lowest BCUT2D eigenvalue weighted by Gasteiger charge is -2.24. The molecule has 1 amide bonds. The van der Waals surface area contributed by atoms with E-state index in [-0.39, 0.29) is 18.8 Å². The minimum Gasteiger partial charge on any atom is -0.461 e. The van der Waals surface area contributed by atoms with Gasteiger partial charge in [-0.2, -0.15) is 0 Å². The Hall–Kier alpha value is -1.99. The van der Waals surface area contributed by atoms with Crippen LogP contribution in [0.1, 0.15) is 20.8 Å². The van der Waals surface area contributed by atoms with Crippen LogP contribution >= 0.6 is 11.8 Å². The zero-order valence-electron chi connectivity index (χ0n) is 15.5. The summed E-state index contributed by atoms with van der Waals surface area (Å²) in [6.07, 6.45) is 0.0879. The van der Waals surface area contributed by atoms with Gasteiger partial charge < -0.3 is 19.5 Å². The van der Waals surface area contributed by atoms with Crippen molar-refractivity contribution >= 4 is 23.8 Å². The molecule has 0 radical (unpaired) electrons. The predicted octanol–water partition coefficient (Wildman–Crippen LogP) is 3.42. The lowest BCUT2D eigenvalue weighted by atomic mass is 10.2. The normalized spacial score (nSPS) is 12.1. The second-order valence-electron chi connectivity index (χ2n) is 6.37. The topological polar surface area (TPSA) is 73.9 Å². The van der Waals surface area contributed by atoms with Crippen molar-refractivity contribution in [3.63, 3.8) is 0 Å². The number of thioether (sulfide) groups is 1. The Balaban J connectivity index is 2.45. The van der Waals surface area contributed by atoms with Gasteiger partial charge in [-0.1, -0.05) is 24.8 Å². The molecule has 1 N–H and O–H groups in total. The third kappa shape index (κ3) is 10.8. The molecule has 0 aliphatic rings. The fourth-order valence-corrected chi connectivity index (χ4v) is 2.61. The monoisotopic (exact) mass is 381 g/mol. The molecule has 0 saturated carbocycles. The molecule has 0 bridgehead atoms. The van der Waals surface area contributed by atoms with E-state index in [1.807, 2.05) is 51.1 Å². The first-order chi connectivity index (χ1) is 12.3. The molecule has 1 atom stereocenters. The number of benzene rings is 1. The van der Waals surface area contributed by atoms with E-state index in [9.17, 15) is 9.59 Å². The summed E-state index contributed by atoms with van der Waals surface area (Å²) in [5.41, 5.74) is -0.325. The Morgan fingerprint density at radius 1 is 1.27 bits per heavy atom. The average Bonchev–Trinajstić information content (AvgIpc) is 2.61. The fraction of sp³-hybridized carbons (Fsp3) is 0.474. The maximum atomic E-state index is 11.9. The van der Waals surface area contributed by atoms with Crippen LogP contribution in [0.2, 0.25) is 0 Å². The number of rotatable bonds is 10. The molecule has 0 aliphatic heterocycles. The summed E-state index contributed by atoms with van der Waals surface area (Å²) in [6.45, 7) is 9.65. The second kappa shape index (κ2) is 11.6. The highest BCUT2D eigenvalue weighted by molar-refractivity contribution is 7.99. The Bertz CT molecular complexity index is 571. The molecular weight excluding hydrogens is 354 g/mol. The molecule has 1 rings (SSSR count). The molecule has 0 spiro atoms. The molecule has 1 aromatic rings. The van der Waals surface area contributed by atoms with Crippen LogP contribution in [0.15, 0.2) is 47.9 Å². The van der Waals surface area contributed by atoms with Crippen LogP contribution < -0.4 is 5.32 Å². The van der Waals surface area contributed by atoms with Crippen LogP contribution in [0.25, 0.3) is 0 Å². The van der Waals surface area contributed by atoms with Crippen LogP contribution in [0.3, 0.4) is 0 Å². The second-order valence-corrected chi connectivity index (χ2v) is 7.47. The van der Waals surface area contributed by atoms with Gasteiger partial charge in [0.05, 0.1) is 18.8 Å². The first-order valence-electron chi connectivity index (χ1n) is 8.35. The zero-order valence-corrected chi connectivity index (χ0v) is 16.3. The van der Waals surface area contributed by atoms with Gasteiger partial charge in [0.25, 0.3) is 0 Å². The highest BCUT2D eigenvalue weighted by atomic mass is 32.2. The van der Waals surface area contributed by atoms with Gasteiger partial charge in [0, 0.05) is 16.7 Å². The first-order valence-corrected chi connectivity index (χ1v) is 9.34. The van der Waals surface area contributed by atoms with E-state index >= 15 is 0 Å². The summed E-state index contributed by atoms with van der Waals surface area (Å²) in [6, 6.07) is 9.87. The van der Waals surface area contributed by atoms with Crippen molar-refractivity contribution in [2.45, 2.75) is 37.4 Å². The van der Waals surface area contributed by atoms with Gasteiger partial charge in [-0.25, -0.2) is 9.59 Å². The third-order valence-corrected chi connectivity index (χ3v) is 4.08. The molecule has 1 aromatic carbocycles. The van der Waals surface area contributed by atoms with Crippen LogP contribution in [0.5, 0.6) is 0 Å². The van der Waals surface area contributed by atoms with Crippen molar-refractivity contribution in [3.8, 4) is 0 Å². The van der Waals surface area contributed by atoms with Crippen LogP contribution in [-0.4, -0.2) is 49.3 Å². The standard InChI is InChI=1S/C19H27NO5S/c1-5-17(21)23-12-11-20-18(22)25-15(13-24-19(2,3)4)14-26-16-9-7-6-8-10-16/h5-10,15H,1,11-14H2,2-4H3,(H,20,22). The van der Waals surface area contributed by atoms with Crippen molar-refractivity contribution in [2.75, 3.05) is 25.5 Å². The lowest BCUT2D eigenvalue weighted by Crippen LogP contribution is -2.36. The number of ether oxygens (including phenoxy) is 3. The van der Waals surface area contributed by atoms with Gasteiger partial charge in [0.2, 0.25) is 0 Å². The van der Waals surface area contributed by atoms with Crippen molar-refractivity contribution < 1.29 is 23.8 Å². The molecule has 1 unspecified atom stereocenters. The Labute approximate surface area is 159 Å². The van der Waals surface area contributed by atoms with Crippen molar-refractivity contribution in [2.24, 2.45) is 0 Å². The molecule has 144 valence electrons. The fourth-order valence-electron chi connectivity index (χ4n) is 1.72. The maximum absolute atomic E-state index is 11.9. The molecule has 26 heavy (non-hydrogen) atoms. The zero-order chi connectivity index (χ0) is 19.4. The number of hydrogen-bond acceptors (Lipinski definition) is 6. The molecule has 0 heterocycles. The Kier molecular flexibility index (Phi) is 9.83. The number of hydrogen-bond donors (Lipinski definition) is 1. The molecule has 0 aromatic heterocycles. The summed E-state index contributed by atoms with van der Waals surface area (Å²) in [4.78, 5) is 24.0. The van der Waals surface area contributed by atoms with Gasteiger partial charge in [-0.15, -0.1) is 11.8 Å². The van der Waals surface area contributed by atoms with E-state index < -0.39 is 18.2 Å². The number of esters is 1. The summed E-state index contributed by atoms with van der Waals surface area (Å²) < 4.78 is 16.0. The number of nitrogens with one attached hydrogen (secondary N) is 1. The summed E-state index contributed by atoms with van der Waals surface area (Å²) in [5, 5.41) is 2.55. The molecular formula is C19H27NO5S. The predicted molar refractivity (Wildman–Crippen MR) is 102 cm³/mol. The molecule has 0 aliphatic carbocycles. The van der Waals surface area contributed by atoms with E-state index in [1.54, 1.807) is 11.8 Å². The highest BCUT2D eigenvalue weighted by Crippen LogP contribution is 2.20. The maximum Gasteiger partial charge on any atom is 0.407 e. The van der Waals surface area contributed by atoms with E-state index in [4.69, 9.17) is 14.2 Å². The van der Waals surface area contributed by atoms with E-state index in [0.717, 1.165) is 11.0 Å². The molecule has 0 fully saturated rings. The van der Waals surface area contributed by atoms with Crippen LogP contribution in [0.4, 0.5) is 4.79 Å². The molecule has 0 saturated heterocycles. The van der Waals surface area contributed by atoms with Gasteiger partial charge in [-0.3, -0.25) is 0 Å². The Morgan fingerprint density at radius 2 is 1.96 bits per heavy atom. The van der Waals surface area contributed by atoms with Crippen LogP contribution in [-0.2, 0) is 19.0 Å². The van der Waals surface area contributed by atoms with E-state index in [1.165, 1.54) is 0 Å². The highest BCUT2D eigenvalue weighted by Gasteiger charge is 2.19. The van der Waals surface area contributed by atoms with E-state index in [0.29, 0.717) is 12.4 Å². The van der Waals surface area contributed by atoms with Gasteiger partial charge in [0.15, 0.2) is 0 Å². The summed E-state index contributed by atoms with van der Waals surface area (Å²) in [5.74, 6) is 0.0368. The number of alkyl carbamates (subject to hydrolysis) is 1. The number of amides is 1. The quantitative estimate of drug-likeness (QED) is 0.290. The summed E-state index contributed by atoms with van der Waals surface area (Å²) >= 11 is 1.59. The van der Waals surface area contributed by atoms with Gasteiger partial charge in [0.1, 0.15) is 12.7 Å². The van der Waals surface area contributed by atoms with Crippen molar-refractivity contribution in [1.82, 2.24) is 5.32 Å². The smallest absolute Gasteiger partial charge is 0.407 e. The SMILES string of the molecule is C=CC(=O)OCCNC(=O)OC(COC(C)(C)C)CSc1ccccc1.